The summed E-state index contributed by atoms with van der Waals surface area (Å²) in [7, 11) is 0. The molecular formula is C11H9ClN2OS. The molecule has 0 radical (unpaired) electrons. The van der Waals surface area contributed by atoms with Crippen LogP contribution in [0.1, 0.15) is 17.7 Å². The quantitative estimate of drug-likeness (QED) is 0.664. The first-order valence-corrected chi connectivity index (χ1v) is 6.06. The second kappa shape index (κ2) is 4.69. The number of hydrogen-bond donors (Lipinski definition) is 1. The van der Waals surface area contributed by atoms with Crippen LogP contribution in [-0.2, 0) is 4.79 Å². The van der Waals surface area contributed by atoms with Crippen molar-refractivity contribution in [1.29, 1.82) is 5.26 Å². The van der Waals surface area contributed by atoms with Crippen molar-refractivity contribution < 1.29 is 4.79 Å². The molecule has 82 valence electrons. The van der Waals surface area contributed by atoms with E-state index in [-0.39, 0.29) is 17.5 Å². The molecule has 5 heteroatoms. The van der Waals surface area contributed by atoms with Crippen LogP contribution in [-0.4, -0.2) is 11.9 Å². The van der Waals surface area contributed by atoms with Crippen molar-refractivity contribution in [2.45, 2.75) is 18.9 Å². The molecule has 3 nitrogen and oxygen atoms in total. The van der Waals surface area contributed by atoms with Gasteiger partial charge in [0.1, 0.15) is 11.6 Å². The lowest BCUT2D eigenvalue weighted by Gasteiger charge is -1.99. The molecule has 0 aliphatic heterocycles. The summed E-state index contributed by atoms with van der Waals surface area (Å²) in [6.45, 7) is 0. The number of nitriles is 1. The molecular weight excluding hydrogens is 244 g/mol. The van der Waals surface area contributed by atoms with Gasteiger partial charge in [0.2, 0.25) is 0 Å². The highest BCUT2D eigenvalue weighted by Crippen LogP contribution is 2.24. The van der Waals surface area contributed by atoms with E-state index in [1.165, 1.54) is 11.3 Å². The molecule has 0 saturated heterocycles. The Bertz CT molecular complexity index is 482. The van der Waals surface area contributed by atoms with E-state index in [0.29, 0.717) is 4.34 Å². The molecule has 0 spiro atoms. The predicted octanol–water partition coefficient (Wildman–Crippen LogP) is 2.59. The van der Waals surface area contributed by atoms with E-state index >= 15 is 0 Å². The molecule has 2 rings (SSSR count). The number of nitrogens with one attached hydrogen (secondary N) is 1. The standard InChI is InChI=1S/C11H9ClN2OS/c12-10-4-3-9(16-10)5-7(6-13)11(15)14-8-1-2-8/h3-5,8H,1-2H2,(H,14,15). The minimum absolute atomic E-state index is 0.130. The zero-order chi connectivity index (χ0) is 11.5. The van der Waals surface area contributed by atoms with Gasteiger partial charge in [-0.2, -0.15) is 5.26 Å². The summed E-state index contributed by atoms with van der Waals surface area (Å²) >= 11 is 7.11. The Kier molecular flexibility index (Phi) is 3.28. The summed E-state index contributed by atoms with van der Waals surface area (Å²) in [5.74, 6) is -0.297. The molecule has 1 N–H and O–H groups in total. The molecule has 1 amide bonds. The van der Waals surface area contributed by atoms with Crippen molar-refractivity contribution in [2.24, 2.45) is 0 Å². The minimum atomic E-state index is -0.297. The number of rotatable bonds is 3. The van der Waals surface area contributed by atoms with E-state index in [9.17, 15) is 4.79 Å². The van der Waals surface area contributed by atoms with Crippen LogP contribution in [0, 0.1) is 11.3 Å². The van der Waals surface area contributed by atoms with Crippen LogP contribution >= 0.6 is 22.9 Å². The van der Waals surface area contributed by atoms with Gasteiger partial charge in [0, 0.05) is 10.9 Å². The Hall–Kier alpha value is -1.31. The normalized spacial score (nSPS) is 15.6. The van der Waals surface area contributed by atoms with Crippen LogP contribution in [0.4, 0.5) is 0 Å². The number of nitrogens with zero attached hydrogens (tertiary/aromatic N) is 1. The van der Waals surface area contributed by atoms with Crippen molar-refractivity contribution in [3.8, 4) is 6.07 Å². The van der Waals surface area contributed by atoms with Crippen molar-refractivity contribution in [2.75, 3.05) is 0 Å². The van der Waals surface area contributed by atoms with Gasteiger partial charge in [0.25, 0.3) is 5.91 Å². The van der Waals surface area contributed by atoms with Gasteiger partial charge in [-0.1, -0.05) is 11.6 Å². The molecule has 1 aromatic rings. The average Bonchev–Trinajstić information content (AvgIpc) is 2.97. The van der Waals surface area contributed by atoms with Crippen LogP contribution in [0.2, 0.25) is 4.34 Å². The van der Waals surface area contributed by atoms with E-state index in [1.807, 2.05) is 6.07 Å². The largest absolute Gasteiger partial charge is 0.349 e. The first-order chi connectivity index (χ1) is 7.69. The Morgan fingerprint density at radius 2 is 2.38 bits per heavy atom. The predicted molar refractivity (Wildman–Crippen MR) is 64.1 cm³/mol. The zero-order valence-corrected chi connectivity index (χ0v) is 9.94. The highest BCUT2D eigenvalue weighted by atomic mass is 35.5. The Morgan fingerprint density at radius 1 is 1.62 bits per heavy atom. The third-order valence-electron chi connectivity index (χ3n) is 2.16. The van der Waals surface area contributed by atoms with Gasteiger partial charge in [-0.15, -0.1) is 11.3 Å². The molecule has 1 saturated carbocycles. The summed E-state index contributed by atoms with van der Waals surface area (Å²) in [4.78, 5) is 12.4. The Labute approximate surface area is 102 Å². The number of hydrogen-bond acceptors (Lipinski definition) is 3. The Balaban J connectivity index is 2.11. The van der Waals surface area contributed by atoms with Crippen LogP contribution in [0.25, 0.3) is 6.08 Å². The lowest BCUT2D eigenvalue weighted by molar-refractivity contribution is -0.117. The topological polar surface area (TPSA) is 52.9 Å². The van der Waals surface area contributed by atoms with Crippen molar-refractivity contribution >= 4 is 34.9 Å². The molecule has 1 aliphatic rings. The zero-order valence-electron chi connectivity index (χ0n) is 8.37. The maximum Gasteiger partial charge on any atom is 0.262 e. The molecule has 1 fully saturated rings. The van der Waals surface area contributed by atoms with E-state index in [2.05, 4.69) is 5.32 Å². The van der Waals surface area contributed by atoms with Gasteiger partial charge < -0.3 is 5.32 Å². The van der Waals surface area contributed by atoms with Crippen LogP contribution in [0.15, 0.2) is 17.7 Å². The van der Waals surface area contributed by atoms with E-state index in [0.717, 1.165) is 17.7 Å². The highest BCUT2D eigenvalue weighted by Gasteiger charge is 2.24. The molecule has 16 heavy (non-hydrogen) atoms. The molecule has 0 aromatic carbocycles. The van der Waals surface area contributed by atoms with Gasteiger partial charge in [0.15, 0.2) is 0 Å². The van der Waals surface area contributed by atoms with Gasteiger partial charge >= 0.3 is 0 Å². The van der Waals surface area contributed by atoms with E-state index in [4.69, 9.17) is 16.9 Å². The SMILES string of the molecule is N#CC(=Cc1ccc(Cl)s1)C(=O)NC1CC1. The van der Waals surface area contributed by atoms with E-state index < -0.39 is 0 Å². The fourth-order valence-electron chi connectivity index (χ4n) is 1.19. The highest BCUT2D eigenvalue weighted by molar-refractivity contribution is 7.17. The Morgan fingerprint density at radius 3 is 2.88 bits per heavy atom. The van der Waals surface area contributed by atoms with Gasteiger partial charge in [0.05, 0.1) is 4.34 Å². The first-order valence-electron chi connectivity index (χ1n) is 4.87. The van der Waals surface area contributed by atoms with Gasteiger partial charge in [-0.25, -0.2) is 0 Å². The molecule has 1 aromatic heterocycles. The molecule has 0 unspecified atom stereocenters. The van der Waals surface area contributed by atoms with Crippen molar-refractivity contribution in [3.63, 3.8) is 0 Å². The monoisotopic (exact) mass is 252 g/mol. The van der Waals surface area contributed by atoms with Crippen LogP contribution in [0.3, 0.4) is 0 Å². The minimum Gasteiger partial charge on any atom is -0.349 e. The van der Waals surface area contributed by atoms with Gasteiger partial charge in [-0.05, 0) is 31.1 Å². The lowest BCUT2D eigenvalue weighted by Crippen LogP contribution is -2.26. The first kappa shape index (κ1) is 11.2. The summed E-state index contributed by atoms with van der Waals surface area (Å²) in [5, 5.41) is 11.7. The number of carbonyl (C=O) groups is 1. The number of amides is 1. The van der Waals surface area contributed by atoms with Crippen LogP contribution in [0.5, 0.6) is 0 Å². The smallest absolute Gasteiger partial charge is 0.262 e. The molecule has 0 bridgehead atoms. The van der Waals surface area contributed by atoms with Crippen molar-refractivity contribution in [1.82, 2.24) is 5.32 Å². The maximum absolute atomic E-state index is 11.6. The summed E-state index contributed by atoms with van der Waals surface area (Å²) in [6.07, 6.45) is 3.58. The number of thiophene rings is 1. The summed E-state index contributed by atoms with van der Waals surface area (Å²) in [6, 6.07) is 5.69. The second-order valence-electron chi connectivity index (χ2n) is 3.56. The van der Waals surface area contributed by atoms with Crippen molar-refractivity contribution in [3.05, 3.63) is 26.9 Å². The fraction of sp³-hybridized carbons (Fsp3) is 0.273. The molecule has 1 aliphatic carbocycles. The third kappa shape index (κ3) is 2.84. The van der Waals surface area contributed by atoms with Gasteiger partial charge in [-0.3, -0.25) is 4.79 Å². The maximum atomic E-state index is 11.6. The lowest BCUT2D eigenvalue weighted by atomic mass is 10.2. The molecule has 0 atom stereocenters. The molecule has 1 heterocycles. The second-order valence-corrected chi connectivity index (χ2v) is 5.31. The number of halogens is 1. The third-order valence-corrected chi connectivity index (χ3v) is 3.34. The number of carbonyl (C=O) groups excluding carboxylic acids is 1. The average molecular weight is 253 g/mol. The van der Waals surface area contributed by atoms with Crippen LogP contribution < -0.4 is 5.32 Å². The van der Waals surface area contributed by atoms with E-state index in [1.54, 1.807) is 18.2 Å². The fourth-order valence-corrected chi connectivity index (χ4v) is 2.19. The summed E-state index contributed by atoms with van der Waals surface area (Å²) < 4.78 is 0.645. The summed E-state index contributed by atoms with van der Waals surface area (Å²) in [5.41, 5.74) is 0.130.